The molecule has 1 heterocycles. The van der Waals surface area contributed by atoms with Crippen LogP contribution in [0, 0.1) is 0 Å². The second-order valence-electron chi connectivity index (χ2n) is 3.73. The van der Waals surface area contributed by atoms with Crippen LogP contribution >= 0.6 is 12.8 Å². The van der Waals surface area contributed by atoms with Crippen LogP contribution in [0.1, 0.15) is 0 Å². The number of benzene rings is 1. The van der Waals surface area contributed by atoms with Crippen LogP contribution in [0.5, 0.6) is 0 Å². The second-order valence-corrected chi connectivity index (χ2v) is 4.13. The van der Waals surface area contributed by atoms with Gasteiger partial charge in [-0.2, -0.15) is 0 Å². The summed E-state index contributed by atoms with van der Waals surface area (Å²) in [5.41, 5.74) is 0.697. The molecule has 0 aromatic heterocycles. The number of amides is 1. The number of nitrogens with zero attached hydrogens (tertiary/aromatic N) is 5. The van der Waals surface area contributed by atoms with Gasteiger partial charge in [-0.25, -0.2) is 4.31 Å². The molecule has 0 spiro atoms. The fourth-order valence-electron chi connectivity index (χ4n) is 1.78. The molecule has 0 N–H and O–H groups in total. The number of carbonyl (C=O) groups is 1. The molecule has 1 atom stereocenters. The molecule has 8 heteroatoms. The van der Waals surface area contributed by atoms with Gasteiger partial charge in [-0.05, 0) is 11.2 Å². The lowest BCUT2D eigenvalue weighted by atomic mass is 10.2. The Hall–Kier alpha value is -2.19. The Morgan fingerprint density at radius 2 is 2.16 bits per heavy atom. The van der Waals surface area contributed by atoms with Crippen LogP contribution in [0.3, 0.4) is 0 Å². The van der Waals surface area contributed by atoms with Gasteiger partial charge in [0.1, 0.15) is 6.54 Å². The summed E-state index contributed by atoms with van der Waals surface area (Å²) in [5, 5.41) is 22.3. The van der Waals surface area contributed by atoms with Gasteiger partial charge in [0.15, 0.2) is 11.8 Å². The average molecular weight is 277 g/mol. The van der Waals surface area contributed by atoms with Gasteiger partial charge in [0.2, 0.25) is 0 Å². The Morgan fingerprint density at radius 3 is 2.74 bits per heavy atom. The van der Waals surface area contributed by atoms with E-state index < -0.39 is 6.09 Å². The van der Waals surface area contributed by atoms with Crippen molar-refractivity contribution >= 4 is 30.6 Å². The summed E-state index contributed by atoms with van der Waals surface area (Å²) in [6.45, 7) is 3.94. The minimum absolute atomic E-state index is 0.0226. The molecular formula is C11H11N5O2S. The van der Waals surface area contributed by atoms with Gasteiger partial charge in [0, 0.05) is 17.4 Å². The predicted molar refractivity (Wildman–Crippen MR) is 71.8 cm³/mol. The average Bonchev–Trinajstić information content (AvgIpc) is 2.84. The van der Waals surface area contributed by atoms with E-state index >= 15 is 0 Å². The first-order valence-corrected chi connectivity index (χ1v) is 5.77. The molecule has 1 aromatic carbocycles. The quantitative estimate of drug-likeness (QED) is 0.513. The number of para-hydroxylation sites is 1. The lowest BCUT2D eigenvalue weighted by Crippen LogP contribution is -2.56. The van der Waals surface area contributed by atoms with Gasteiger partial charge in [-0.1, -0.05) is 42.2 Å². The lowest BCUT2D eigenvalue weighted by molar-refractivity contribution is -0.255. The molecule has 1 amide bonds. The molecule has 1 aliphatic heterocycles. The first-order chi connectivity index (χ1) is 9.12. The zero-order valence-corrected chi connectivity index (χ0v) is 10.8. The van der Waals surface area contributed by atoms with Crippen molar-refractivity contribution in [2.24, 2.45) is 15.5 Å². The van der Waals surface area contributed by atoms with Crippen molar-refractivity contribution in [2.45, 2.75) is 0 Å². The molecule has 98 valence electrons. The minimum Gasteiger partial charge on any atom is -0.529 e. The van der Waals surface area contributed by atoms with Crippen molar-refractivity contribution in [3.8, 4) is 0 Å². The highest BCUT2D eigenvalue weighted by Crippen LogP contribution is 2.30. The number of hydrogen-bond acceptors (Lipinski definition) is 6. The Bertz CT molecular complexity index is 559. The first kappa shape index (κ1) is 13.2. The maximum Gasteiger partial charge on any atom is 0.375 e. The number of carbonyl (C=O) groups excluding carboxylic acids is 1. The maximum absolute atomic E-state index is 10.9. The maximum atomic E-state index is 10.9. The molecule has 2 rings (SSSR count). The van der Waals surface area contributed by atoms with Crippen molar-refractivity contribution in [3.63, 3.8) is 0 Å². The molecule has 0 bridgehead atoms. The third kappa shape index (κ3) is 2.23. The van der Waals surface area contributed by atoms with Crippen LogP contribution in [-0.4, -0.2) is 22.9 Å². The molecule has 19 heavy (non-hydrogen) atoms. The van der Waals surface area contributed by atoms with Gasteiger partial charge in [0.25, 0.3) is 0 Å². The van der Waals surface area contributed by atoms with E-state index in [0.29, 0.717) is 9.99 Å². The summed E-state index contributed by atoms with van der Waals surface area (Å²) in [7, 11) is 0. The molecule has 7 nitrogen and oxygen atoms in total. The summed E-state index contributed by atoms with van der Waals surface area (Å²) in [5.74, 6) is 0.0226. The Labute approximate surface area is 115 Å². The highest BCUT2D eigenvalue weighted by atomic mass is 32.1. The van der Waals surface area contributed by atoms with E-state index in [1.165, 1.54) is 0 Å². The number of quaternary nitrogens is 1. The summed E-state index contributed by atoms with van der Waals surface area (Å²) >= 11 is 3.85. The van der Waals surface area contributed by atoms with E-state index in [1.54, 1.807) is 18.2 Å². The van der Waals surface area contributed by atoms with E-state index in [1.807, 2.05) is 18.2 Å². The molecule has 0 saturated carbocycles. The van der Waals surface area contributed by atoms with E-state index in [2.05, 4.69) is 34.9 Å². The Balaban J connectivity index is 2.51. The number of carboxylic acid groups (broad SMARTS) is 1. The summed E-state index contributed by atoms with van der Waals surface area (Å²) in [6.07, 6.45) is 0.0981. The topological polar surface area (TPSA) is 80.5 Å². The number of rotatable bonds is 3. The van der Waals surface area contributed by atoms with Crippen LogP contribution in [0.2, 0.25) is 0 Å². The number of thiol groups is 1. The van der Waals surface area contributed by atoms with Crippen molar-refractivity contribution in [2.75, 3.05) is 6.54 Å². The molecule has 1 unspecified atom stereocenters. The lowest BCUT2D eigenvalue weighted by Gasteiger charge is -2.29. The van der Waals surface area contributed by atoms with Crippen molar-refractivity contribution in [1.29, 1.82) is 0 Å². The molecule has 0 fully saturated rings. The Morgan fingerprint density at radius 1 is 1.47 bits per heavy atom. The van der Waals surface area contributed by atoms with Crippen LogP contribution in [0.25, 0.3) is 0 Å². The van der Waals surface area contributed by atoms with Crippen LogP contribution in [-0.2, 0) is 0 Å². The Kier molecular flexibility index (Phi) is 3.63. The summed E-state index contributed by atoms with van der Waals surface area (Å²) in [4.78, 5) is 10.9. The van der Waals surface area contributed by atoms with Gasteiger partial charge in [0.05, 0.1) is 5.22 Å². The fraction of sp³-hybridized carbons (Fsp3) is 0.0909. The van der Waals surface area contributed by atoms with Crippen LogP contribution in [0.4, 0.5) is 10.5 Å². The second kappa shape index (κ2) is 5.21. The van der Waals surface area contributed by atoms with Gasteiger partial charge in [-0.3, -0.25) is 0 Å². The molecule has 1 aliphatic rings. The fourth-order valence-corrected chi connectivity index (χ4v) is 1.96. The number of guanidine groups is 1. The standard InChI is InChI=1S/C11H11N5O2S/c1-2-8-16(9-6-4-3-5-7-9)10(12-13-14-16)15(19)11(17)18/h2-7,19H,1,8H2. The predicted octanol–water partition coefficient (Wildman–Crippen LogP) is 1.32. The van der Waals surface area contributed by atoms with E-state index in [-0.39, 0.29) is 17.1 Å². The minimum atomic E-state index is -1.50. The molecule has 0 radical (unpaired) electrons. The van der Waals surface area contributed by atoms with Crippen molar-refractivity contribution < 1.29 is 9.90 Å². The summed E-state index contributed by atoms with van der Waals surface area (Å²) in [6, 6.07) is 9.05. The van der Waals surface area contributed by atoms with Gasteiger partial charge < -0.3 is 9.90 Å². The molecular weight excluding hydrogens is 266 g/mol. The van der Waals surface area contributed by atoms with Gasteiger partial charge >= 0.3 is 5.96 Å². The van der Waals surface area contributed by atoms with E-state index in [4.69, 9.17) is 0 Å². The molecule has 1 aromatic rings. The normalized spacial score (nSPS) is 21.0. The van der Waals surface area contributed by atoms with Gasteiger partial charge in [-0.15, -0.1) is 0 Å². The van der Waals surface area contributed by atoms with Crippen molar-refractivity contribution in [3.05, 3.63) is 43.0 Å². The van der Waals surface area contributed by atoms with Crippen LogP contribution in [0.15, 0.2) is 58.5 Å². The molecule has 0 saturated heterocycles. The van der Waals surface area contributed by atoms with Crippen molar-refractivity contribution in [1.82, 2.24) is 8.90 Å². The van der Waals surface area contributed by atoms with E-state index in [9.17, 15) is 9.90 Å². The first-order valence-electron chi connectivity index (χ1n) is 5.37. The SMILES string of the molecule is C=CC[N+]1(c2ccccc2)N=NN=C1N(S)C(=O)[O-]. The monoisotopic (exact) mass is 277 g/mol. The smallest absolute Gasteiger partial charge is 0.375 e. The zero-order chi connectivity index (χ0) is 13.9. The highest BCUT2D eigenvalue weighted by Gasteiger charge is 2.45. The molecule has 0 aliphatic carbocycles. The highest BCUT2D eigenvalue weighted by molar-refractivity contribution is 7.79. The largest absolute Gasteiger partial charge is 0.529 e. The van der Waals surface area contributed by atoms with Crippen LogP contribution < -0.4 is 9.70 Å². The third-order valence-corrected chi connectivity index (χ3v) is 2.94. The number of hydrogen-bond donors (Lipinski definition) is 1. The van der Waals surface area contributed by atoms with E-state index in [0.717, 1.165) is 0 Å². The zero-order valence-electron chi connectivity index (χ0n) is 9.88. The summed E-state index contributed by atoms with van der Waals surface area (Å²) < 4.78 is 0.346. The third-order valence-electron chi connectivity index (χ3n) is 2.60.